The van der Waals surface area contributed by atoms with Gasteiger partial charge >= 0.3 is 5.17 Å². The van der Waals surface area contributed by atoms with Crippen molar-refractivity contribution in [2.24, 2.45) is 0 Å². The number of halogens is 1. The van der Waals surface area contributed by atoms with Crippen LogP contribution in [-0.4, -0.2) is 31.8 Å². The largest absolute Gasteiger partial charge is 0.342 e. The predicted molar refractivity (Wildman–Crippen MR) is 121 cm³/mol. The second kappa shape index (κ2) is 9.61. The number of aryl methyl sites for hydroxylation is 1. The number of hydroxylamine groups is 2. The van der Waals surface area contributed by atoms with Crippen molar-refractivity contribution < 1.29 is 4.84 Å². The first-order chi connectivity index (χ1) is 13.8. The number of imidazole rings is 1. The van der Waals surface area contributed by atoms with Gasteiger partial charge < -0.3 is 9.40 Å². The molecule has 0 bridgehead atoms. The minimum atomic E-state index is 0.365. The minimum absolute atomic E-state index is 0.365. The van der Waals surface area contributed by atoms with E-state index >= 15 is 0 Å². The molecule has 0 saturated carbocycles. The molecular weight excluding hydrogens is 424 g/mol. The molecule has 29 heavy (non-hydrogen) atoms. The van der Waals surface area contributed by atoms with Crippen LogP contribution in [-0.2, 0) is 11.4 Å². The summed E-state index contributed by atoms with van der Waals surface area (Å²) >= 11 is 12.3. The second-order valence-corrected chi connectivity index (χ2v) is 8.71. The van der Waals surface area contributed by atoms with Crippen molar-refractivity contribution in [1.29, 1.82) is 0 Å². The lowest BCUT2D eigenvalue weighted by molar-refractivity contribution is 0.243. The molecule has 152 valence electrons. The highest BCUT2D eigenvalue weighted by Crippen LogP contribution is 2.36. The molecule has 0 atom stereocenters. The van der Waals surface area contributed by atoms with Gasteiger partial charge in [0.25, 0.3) is 0 Å². The average molecular weight is 447 g/mol. The fourth-order valence-electron chi connectivity index (χ4n) is 2.65. The number of nitrogens with zero attached hydrogens (tertiary/aromatic N) is 4. The predicted octanol–water partition coefficient (Wildman–Crippen LogP) is 5.71. The minimum Gasteiger partial charge on any atom is -0.342 e. The third-order valence-corrected chi connectivity index (χ3v) is 5.90. The van der Waals surface area contributed by atoms with Crippen LogP contribution in [0.5, 0.6) is 0 Å². The standard InChI is InChI=1S/C19H20ClN3S.C2H3NOS/c1-13(2)18-19(24-17-6-4-5-16(20)11-17)23(14(3)22-18)12-15-7-9-21-10-8-15;1-3-2(5)4-3/h4-11,13H,12H2,1-3H3;1H3. The summed E-state index contributed by atoms with van der Waals surface area (Å²) in [7, 11) is 1.77. The van der Waals surface area contributed by atoms with Crippen molar-refractivity contribution in [3.05, 3.63) is 70.9 Å². The molecule has 1 saturated heterocycles. The average Bonchev–Trinajstić information content (AvgIpc) is 3.25. The SMILES string of the molecule is CN1OC1=S.Cc1nc(C(C)C)c(Sc2cccc(Cl)c2)n1Cc1ccncc1. The van der Waals surface area contributed by atoms with Gasteiger partial charge in [0.1, 0.15) is 10.9 Å². The third kappa shape index (κ3) is 5.95. The Labute approximate surface area is 186 Å². The molecule has 1 fully saturated rings. The van der Waals surface area contributed by atoms with Gasteiger partial charge in [-0.25, -0.2) is 4.98 Å². The van der Waals surface area contributed by atoms with Crippen molar-refractivity contribution in [2.45, 2.75) is 43.2 Å². The van der Waals surface area contributed by atoms with Crippen molar-refractivity contribution in [3.8, 4) is 0 Å². The molecule has 0 unspecified atom stereocenters. The van der Waals surface area contributed by atoms with Crippen LogP contribution in [0.15, 0.2) is 58.7 Å². The molecule has 0 amide bonds. The highest BCUT2D eigenvalue weighted by Gasteiger charge is 2.21. The zero-order chi connectivity index (χ0) is 21.0. The Morgan fingerprint density at radius 3 is 2.41 bits per heavy atom. The smallest absolute Gasteiger partial charge is 0.322 e. The van der Waals surface area contributed by atoms with E-state index in [0.29, 0.717) is 11.1 Å². The van der Waals surface area contributed by atoms with E-state index in [0.717, 1.165) is 28.0 Å². The van der Waals surface area contributed by atoms with E-state index in [2.05, 4.69) is 53.4 Å². The van der Waals surface area contributed by atoms with Crippen LogP contribution in [0.3, 0.4) is 0 Å². The van der Waals surface area contributed by atoms with Crippen molar-refractivity contribution in [3.63, 3.8) is 0 Å². The number of pyridine rings is 1. The molecule has 3 aromatic rings. The number of aromatic nitrogens is 3. The summed E-state index contributed by atoms with van der Waals surface area (Å²) in [5.74, 6) is 1.39. The first kappa shape index (κ1) is 21.6. The molecule has 4 rings (SSSR count). The number of thiocarbonyl (C=S) groups is 1. The molecular formula is C21H23ClN4OS2. The van der Waals surface area contributed by atoms with Crippen LogP contribution >= 0.6 is 35.6 Å². The number of hydrogen-bond donors (Lipinski definition) is 0. The van der Waals surface area contributed by atoms with E-state index in [1.54, 1.807) is 18.8 Å². The van der Waals surface area contributed by atoms with E-state index in [9.17, 15) is 0 Å². The maximum absolute atomic E-state index is 6.15. The Morgan fingerprint density at radius 1 is 1.21 bits per heavy atom. The lowest BCUT2D eigenvalue weighted by atomic mass is 10.1. The third-order valence-electron chi connectivity index (χ3n) is 4.22. The highest BCUT2D eigenvalue weighted by molar-refractivity contribution is 7.99. The summed E-state index contributed by atoms with van der Waals surface area (Å²) in [5.41, 5.74) is 2.35. The van der Waals surface area contributed by atoms with Gasteiger partial charge in [-0.05, 0) is 61.0 Å². The molecule has 8 heteroatoms. The van der Waals surface area contributed by atoms with E-state index < -0.39 is 0 Å². The monoisotopic (exact) mass is 446 g/mol. The Hall–Kier alpha value is -2.09. The van der Waals surface area contributed by atoms with Gasteiger partial charge in [-0.1, -0.05) is 43.3 Å². The van der Waals surface area contributed by atoms with E-state index in [-0.39, 0.29) is 0 Å². The van der Waals surface area contributed by atoms with Crippen LogP contribution in [0.1, 0.15) is 36.8 Å². The van der Waals surface area contributed by atoms with Gasteiger partial charge in [0.2, 0.25) is 0 Å². The molecule has 1 aromatic carbocycles. The van der Waals surface area contributed by atoms with Crippen LogP contribution in [0, 0.1) is 6.92 Å². The van der Waals surface area contributed by atoms with Crippen LogP contribution < -0.4 is 0 Å². The summed E-state index contributed by atoms with van der Waals surface area (Å²) in [5, 5.41) is 4.05. The highest BCUT2D eigenvalue weighted by atomic mass is 35.5. The van der Waals surface area contributed by atoms with Crippen molar-refractivity contribution >= 4 is 40.8 Å². The van der Waals surface area contributed by atoms with Gasteiger partial charge in [-0.3, -0.25) is 4.98 Å². The molecule has 1 aliphatic heterocycles. The van der Waals surface area contributed by atoms with Gasteiger partial charge in [-0.2, -0.15) is 5.06 Å². The van der Waals surface area contributed by atoms with E-state index in [4.69, 9.17) is 16.6 Å². The first-order valence-corrected chi connectivity index (χ1v) is 10.8. The van der Waals surface area contributed by atoms with Crippen LogP contribution in [0.2, 0.25) is 5.02 Å². The molecule has 0 N–H and O–H groups in total. The van der Waals surface area contributed by atoms with Crippen LogP contribution in [0.4, 0.5) is 0 Å². The number of hydrogen-bond acceptors (Lipinski definition) is 5. The van der Waals surface area contributed by atoms with E-state index in [1.807, 2.05) is 42.7 Å². The second-order valence-electron chi connectivity index (χ2n) is 6.86. The maximum atomic E-state index is 6.15. The fourth-order valence-corrected chi connectivity index (χ4v) is 4.26. The lowest BCUT2D eigenvalue weighted by Gasteiger charge is -2.12. The Kier molecular flexibility index (Phi) is 7.16. The van der Waals surface area contributed by atoms with Crippen LogP contribution in [0.25, 0.3) is 0 Å². The lowest BCUT2D eigenvalue weighted by Crippen LogP contribution is -2.04. The Bertz CT molecular complexity index is 992. The van der Waals surface area contributed by atoms with Gasteiger partial charge in [0.15, 0.2) is 0 Å². The summed E-state index contributed by atoms with van der Waals surface area (Å²) in [6.07, 6.45) is 3.66. The summed E-state index contributed by atoms with van der Waals surface area (Å²) in [6.45, 7) is 7.22. The summed E-state index contributed by atoms with van der Waals surface area (Å²) < 4.78 is 2.27. The molecule has 0 radical (unpaired) electrons. The number of benzene rings is 1. The number of rotatable bonds is 5. The van der Waals surface area contributed by atoms with Crippen molar-refractivity contribution in [2.75, 3.05) is 7.05 Å². The summed E-state index contributed by atoms with van der Waals surface area (Å²) in [6, 6.07) is 12.0. The zero-order valence-electron chi connectivity index (χ0n) is 16.8. The van der Waals surface area contributed by atoms with Crippen molar-refractivity contribution in [1.82, 2.24) is 19.6 Å². The first-order valence-electron chi connectivity index (χ1n) is 9.20. The molecule has 3 heterocycles. The Morgan fingerprint density at radius 2 is 1.86 bits per heavy atom. The Balaban J connectivity index is 0.000000419. The molecule has 1 aliphatic rings. The topological polar surface area (TPSA) is 46.2 Å². The molecule has 2 aromatic heterocycles. The van der Waals surface area contributed by atoms with Gasteiger partial charge in [-0.15, -0.1) is 0 Å². The molecule has 0 aliphatic carbocycles. The normalized spacial score (nSPS) is 12.5. The maximum Gasteiger partial charge on any atom is 0.322 e. The van der Waals surface area contributed by atoms with Gasteiger partial charge in [0, 0.05) is 35.9 Å². The fraction of sp³-hybridized carbons (Fsp3) is 0.286. The molecule has 5 nitrogen and oxygen atoms in total. The molecule has 0 spiro atoms. The zero-order valence-corrected chi connectivity index (χ0v) is 19.2. The van der Waals surface area contributed by atoms with Gasteiger partial charge in [0.05, 0.1) is 5.69 Å². The van der Waals surface area contributed by atoms with E-state index in [1.165, 1.54) is 15.7 Å². The summed E-state index contributed by atoms with van der Waals surface area (Å²) in [4.78, 5) is 14.5. The quantitative estimate of drug-likeness (QED) is 0.369.